The zero-order valence-electron chi connectivity index (χ0n) is 15.4. The van der Waals surface area contributed by atoms with Gasteiger partial charge in [0.15, 0.2) is 0 Å². The second-order valence-corrected chi connectivity index (χ2v) is 6.72. The molecule has 0 bridgehead atoms. The maximum atomic E-state index is 12.2. The normalized spacial score (nSPS) is 11.6. The topological polar surface area (TPSA) is 70.2 Å². The minimum Gasteiger partial charge on any atom is -0.374 e. The van der Waals surface area contributed by atoms with Gasteiger partial charge >= 0.3 is 0 Å². The summed E-state index contributed by atoms with van der Waals surface area (Å²) in [5, 5.41) is 9.25. The van der Waals surface area contributed by atoms with Gasteiger partial charge in [-0.25, -0.2) is 0 Å². The van der Waals surface area contributed by atoms with E-state index in [0.29, 0.717) is 5.02 Å². The summed E-state index contributed by atoms with van der Waals surface area (Å²) in [4.78, 5) is 24.4. The number of nitrogens with one attached hydrogen (secondary N) is 3. The lowest BCUT2D eigenvalue weighted by Crippen LogP contribution is -2.41. The van der Waals surface area contributed by atoms with Crippen molar-refractivity contribution in [1.29, 1.82) is 0 Å². The molecule has 0 aliphatic rings. The van der Waals surface area contributed by atoms with Gasteiger partial charge in [0.25, 0.3) is 0 Å². The Balaban J connectivity index is 1.89. The Morgan fingerprint density at radius 1 is 1.04 bits per heavy atom. The average Bonchev–Trinajstić information content (AvgIpc) is 2.60. The lowest BCUT2D eigenvalue weighted by molar-refractivity contribution is -0.124. The van der Waals surface area contributed by atoms with Crippen LogP contribution >= 0.6 is 11.6 Å². The maximum Gasteiger partial charge on any atom is 0.243 e. The van der Waals surface area contributed by atoms with Crippen LogP contribution in [0.4, 0.5) is 11.4 Å². The SMILES string of the molecule is Cc1cccc(C)c1NC(=O)CNC(=O)[C@@H](C)Nc1cccc(Cl)c1C. The molecule has 6 heteroatoms. The van der Waals surface area contributed by atoms with E-state index < -0.39 is 6.04 Å². The molecule has 2 aromatic rings. The van der Waals surface area contributed by atoms with Gasteiger partial charge in [-0.15, -0.1) is 0 Å². The molecule has 26 heavy (non-hydrogen) atoms. The van der Waals surface area contributed by atoms with Gasteiger partial charge in [0.1, 0.15) is 6.04 Å². The molecular formula is C20H24ClN3O2. The van der Waals surface area contributed by atoms with E-state index in [1.165, 1.54) is 0 Å². The first-order valence-corrected chi connectivity index (χ1v) is 8.83. The van der Waals surface area contributed by atoms with E-state index in [1.807, 2.05) is 51.1 Å². The highest BCUT2D eigenvalue weighted by molar-refractivity contribution is 6.31. The van der Waals surface area contributed by atoms with Gasteiger partial charge in [-0.05, 0) is 56.5 Å². The summed E-state index contributed by atoms with van der Waals surface area (Å²) in [5.41, 5.74) is 4.42. The third-order valence-corrected chi connectivity index (χ3v) is 4.61. The molecule has 0 unspecified atom stereocenters. The zero-order chi connectivity index (χ0) is 19.3. The lowest BCUT2D eigenvalue weighted by Gasteiger charge is -2.17. The van der Waals surface area contributed by atoms with Crippen molar-refractivity contribution in [3.05, 3.63) is 58.1 Å². The molecular weight excluding hydrogens is 350 g/mol. The molecule has 0 spiro atoms. The van der Waals surface area contributed by atoms with Crippen LogP contribution < -0.4 is 16.0 Å². The quantitative estimate of drug-likeness (QED) is 0.720. The molecule has 0 saturated carbocycles. The van der Waals surface area contributed by atoms with Gasteiger partial charge in [0, 0.05) is 16.4 Å². The van der Waals surface area contributed by atoms with Gasteiger partial charge < -0.3 is 16.0 Å². The molecule has 0 radical (unpaired) electrons. The van der Waals surface area contributed by atoms with Gasteiger partial charge in [0.2, 0.25) is 11.8 Å². The monoisotopic (exact) mass is 373 g/mol. The maximum absolute atomic E-state index is 12.2. The van der Waals surface area contributed by atoms with Crippen molar-refractivity contribution in [3.63, 3.8) is 0 Å². The van der Waals surface area contributed by atoms with Gasteiger partial charge in [-0.2, -0.15) is 0 Å². The summed E-state index contributed by atoms with van der Waals surface area (Å²) in [6, 6.07) is 10.8. The average molecular weight is 374 g/mol. The van der Waals surface area contributed by atoms with Crippen LogP contribution in [0.25, 0.3) is 0 Å². The van der Waals surface area contributed by atoms with Crippen molar-refractivity contribution in [2.24, 2.45) is 0 Å². The summed E-state index contributed by atoms with van der Waals surface area (Å²) in [6.45, 7) is 7.39. The minimum atomic E-state index is -0.500. The van der Waals surface area contributed by atoms with E-state index in [9.17, 15) is 9.59 Å². The fourth-order valence-corrected chi connectivity index (χ4v) is 2.75. The molecule has 0 aromatic heterocycles. The van der Waals surface area contributed by atoms with Crippen molar-refractivity contribution in [1.82, 2.24) is 5.32 Å². The molecule has 1 atom stereocenters. The van der Waals surface area contributed by atoms with Crippen LogP contribution in [0.2, 0.25) is 5.02 Å². The Kier molecular flexibility index (Phi) is 6.64. The van der Waals surface area contributed by atoms with Gasteiger partial charge in [-0.1, -0.05) is 35.9 Å². The van der Waals surface area contributed by atoms with Gasteiger partial charge in [0.05, 0.1) is 6.54 Å². The Labute approximate surface area is 159 Å². The number of para-hydroxylation sites is 1. The predicted molar refractivity (Wildman–Crippen MR) is 107 cm³/mol. The van der Waals surface area contributed by atoms with E-state index in [4.69, 9.17) is 11.6 Å². The third kappa shape index (κ3) is 4.99. The Morgan fingerprint density at radius 2 is 1.65 bits per heavy atom. The minimum absolute atomic E-state index is 0.0901. The summed E-state index contributed by atoms with van der Waals surface area (Å²) in [6.07, 6.45) is 0. The van der Waals surface area contributed by atoms with Crippen molar-refractivity contribution in [2.45, 2.75) is 33.7 Å². The van der Waals surface area contributed by atoms with E-state index in [2.05, 4.69) is 16.0 Å². The first-order chi connectivity index (χ1) is 12.3. The van der Waals surface area contributed by atoms with Crippen LogP contribution in [0, 0.1) is 20.8 Å². The molecule has 5 nitrogen and oxygen atoms in total. The first kappa shape index (κ1) is 19.8. The number of hydrogen-bond acceptors (Lipinski definition) is 3. The van der Waals surface area contributed by atoms with E-state index >= 15 is 0 Å². The number of hydrogen-bond donors (Lipinski definition) is 3. The molecule has 0 saturated heterocycles. The zero-order valence-corrected chi connectivity index (χ0v) is 16.2. The van der Waals surface area contributed by atoms with Crippen LogP contribution in [0.1, 0.15) is 23.6 Å². The summed E-state index contributed by atoms with van der Waals surface area (Å²) < 4.78 is 0. The number of rotatable bonds is 6. The number of aryl methyl sites for hydroxylation is 2. The van der Waals surface area contributed by atoms with Crippen molar-refractivity contribution >= 4 is 34.8 Å². The van der Waals surface area contributed by atoms with Crippen molar-refractivity contribution in [3.8, 4) is 0 Å². The molecule has 3 N–H and O–H groups in total. The lowest BCUT2D eigenvalue weighted by atomic mass is 10.1. The highest BCUT2D eigenvalue weighted by Crippen LogP contribution is 2.23. The molecule has 0 aliphatic heterocycles. The summed E-state index contributed by atoms with van der Waals surface area (Å²) in [5.74, 6) is -0.525. The van der Waals surface area contributed by atoms with E-state index in [-0.39, 0.29) is 18.4 Å². The second kappa shape index (κ2) is 8.72. The van der Waals surface area contributed by atoms with Crippen LogP contribution in [-0.4, -0.2) is 24.4 Å². The standard InChI is InChI=1S/C20H24ClN3O2/c1-12-7-5-8-13(2)19(12)24-18(25)11-22-20(26)15(4)23-17-10-6-9-16(21)14(17)3/h5-10,15,23H,11H2,1-4H3,(H,22,26)(H,24,25)/t15-/m1/s1. The molecule has 2 amide bonds. The highest BCUT2D eigenvalue weighted by atomic mass is 35.5. The largest absolute Gasteiger partial charge is 0.374 e. The van der Waals surface area contributed by atoms with Crippen molar-refractivity contribution in [2.75, 3.05) is 17.2 Å². The number of carbonyl (C=O) groups is 2. The number of halogens is 1. The first-order valence-electron chi connectivity index (χ1n) is 8.45. The molecule has 2 aromatic carbocycles. The smallest absolute Gasteiger partial charge is 0.243 e. The van der Waals surface area contributed by atoms with Crippen LogP contribution in [-0.2, 0) is 9.59 Å². The Hall–Kier alpha value is -2.53. The molecule has 138 valence electrons. The third-order valence-electron chi connectivity index (χ3n) is 4.20. The van der Waals surface area contributed by atoms with Gasteiger partial charge in [-0.3, -0.25) is 9.59 Å². The van der Waals surface area contributed by atoms with Crippen LogP contribution in [0.15, 0.2) is 36.4 Å². The molecule has 2 rings (SSSR count). The Bertz CT molecular complexity index is 800. The number of carbonyl (C=O) groups excluding carboxylic acids is 2. The number of benzene rings is 2. The predicted octanol–water partition coefficient (Wildman–Crippen LogP) is 3.82. The highest BCUT2D eigenvalue weighted by Gasteiger charge is 2.15. The fraction of sp³-hybridized carbons (Fsp3) is 0.300. The van der Waals surface area contributed by atoms with Crippen LogP contribution in [0.3, 0.4) is 0 Å². The number of amides is 2. The number of anilines is 2. The summed E-state index contributed by atoms with van der Waals surface area (Å²) >= 11 is 6.09. The van der Waals surface area contributed by atoms with Crippen LogP contribution in [0.5, 0.6) is 0 Å². The molecule has 0 fully saturated rings. The molecule has 0 aliphatic carbocycles. The molecule has 0 heterocycles. The fourth-order valence-electron chi connectivity index (χ4n) is 2.58. The van der Waals surface area contributed by atoms with Crippen molar-refractivity contribution < 1.29 is 9.59 Å². The van der Waals surface area contributed by atoms with E-state index in [0.717, 1.165) is 28.1 Å². The Morgan fingerprint density at radius 3 is 2.31 bits per heavy atom. The van der Waals surface area contributed by atoms with E-state index in [1.54, 1.807) is 13.0 Å². The second-order valence-electron chi connectivity index (χ2n) is 6.31. The summed E-state index contributed by atoms with van der Waals surface area (Å²) in [7, 11) is 0.